The van der Waals surface area contributed by atoms with E-state index in [0.29, 0.717) is 28.3 Å². The number of piperazine rings is 1. The maximum atomic E-state index is 13.0. The van der Waals surface area contributed by atoms with E-state index in [1.807, 2.05) is 11.8 Å². The molecule has 3 aliphatic rings. The second-order valence-electron chi connectivity index (χ2n) is 7.58. The van der Waals surface area contributed by atoms with Crippen LogP contribution in [0.1, 0.15) is 28.2 Å². The molecular weight excluding hydrogens is 352 g/mol. The fraction of sp³-hybridized carbons (Fsp3) is 0.722. The van der Waals surface area contributed by atoms with Crippen molar-refractivity contribution < 1.29 is 14.3 Å². The number of anilines is 1. The number of thiazole rings is 1. The number of nitrogens with zero attached hydrogens (tertiary/aromatic N) is 3. The zero-order valence-electron chi connectivity index (χ0n) is 15.4. The average molecular weight is 378 g/mol. The monoisotopic (exact) mass is 378 g/mol. The number of hydrogen-bond acceptors (Lipinski definition) is 7. The van der Waals surface area contributed by atoms with Crippen molar-refractivity contribution in [3.63, 3.8) is 0 Å². The van der Waals surface area contributed by atoms with Crippen LogP contribution in [0.3, 0.4) is 0 Å². The Balaban J connectivity index is 1.37. The summed E-state index contributed by atoms with van der Waals surface area (Å²) < 4.78 is 4.81. The molecule has 26 heavy (non-hydrogen) atoms. The van der Waals surface area contributed by atoms with E-state index in [1.165, 1.54) is 24.9 Å². The Bertz CT molecular complexity index is 699. The van der Waals surface area contributed by atoms with Crippen molar-refractivity contribution in [3.8, 4) is 0 Å². The van der Waals surface area contributed by atoms with Crippen LogP contribution in [0.2, 0.25) is 0 Å². The van der Waals surface area contributed by atoms with Gasteiger partial charge < -0.3 is 19.9 Å². The SMILES string of the molecule is COC(=O)c1sc(N2CCN(C(=O)C3CC4CNCC3C4)CC2)nc1C. The third-order valence-corrected chi connectivity index (χ3v) is 7.17. The lowest BCUT2D eigenvalue weighted by Gasteiger charge is -2.36. The Morgan fingerprint density at radius 3 is 2.65 bits per heavy atom. The summed E-state index contributed by atoms with van der Waals surface area (Å²) in [7, 11) is 1.39. The van der Waals surface area contributed by atoms with Crippen LogP contribution in [-0.2, 0) is 9.53 Å². The number of fused-ring (bicyclic) bond motifs is 2. The van der Waals surface area contributed by atoms with Gasteiger partial charge in [0, 0.05) is 32.1 Å². The Morgan fingerprint density at radius 2 is 1.96 bits per heavy atom. The summed E-state index contributed by atoms with van der Waals surface area (Å²) in [6, 6.07) is 0. The molecule has 8 heteroatoms. The summed E-state index contributed by atoms with van der Waals surface area (Å²) in [6.45, 7) is 6.87. The topological polar surface area (TPSA) is 74.8 Å². The van der Waals surface area contributed by atoms with Gasteiger partial charge in [-0.05, 0) is 44.7 Å². The van der Waals surface area contributed by atoms with Crippen LogP contribution in [0.25, 0.3) is 0 Å². The number of rotatable bonds is 3. The van der Waals surface area contributed by atoms with Gasteiger partial charge in [0.2, 0.25) is 5.91 Å². The second-order valence-corrected chi connectivity index (χ2v) is 8.55. The number of hydrogen-bond donors (Lipinski definition) is 1. The van der Waals surface area contributed by atoms with E-state index >= 15 is 0 Å². The number of amides is 1. The lowest BCUT2D eigenvalue weighted by atomic mass is 9.94. The lowest BCUT2D eigenvalue weighted by molar-refractivity contribution is -0.136. The van der Waals surface area contributed by atoms with Gasteiger partial charge in [-0.15, -0.1) is 0 Å². The Morgan fingerprint density at radius 1 is 1.19 bits per heavy atom. The van der Waals surface area contributed by atoms with Crippen molar-refractivity contribution in [3.05, 3.63) is 10.6 Å². The molecule has 1 N–H and O–H groups in total. The van der Waals surface area contributed by atoms with Gasteiger partial charge in [-0.25, -0.2) is 9.78 Å². The molecule has 4 rings (SSSR count). The molecule has 142 valence electrons. The third kappa shape index (κ3) is 3.20. The molecule has 1 aromatic rings. The van der Waals surface area contributed by atoms with E-state index in [-0.39, 0.29) is 11.9 Å². The lowest BCUT2D eigenvalue weighted by Crippen LogP contribution is -2.51. The summed E-state index contributed by atoms with van der Waals surface area (Å²) in [4.78, 5) is 34.0. The molecule has 3 heterocycles. The molecule has 2 bridgehead atoms. The van der Waals surface area contributed by atoms with Crippen molar-refractivity contribution in [1.82, 2.24) is 15.2 Å². The first kappa shape index (κ1) is 17.7. The minimum Gasteiger partial charge on any atom is -0.465 e. The van der Waals surface area contributed by atoms with Crippen LogP contribution in [-0.4, -0.2) is 68.1 Å². The first-order chi connectivity index (χ1) is 12.6. The molecule has 3 atom stereocenters. The summed E-state index contributed by atoms with van der Waals surface area (Å²) in [5, 5.41) is 4.30. The van der Waals surface area contributed by atoms with Crippen molar-refractivity contribution in [2.24, 2.45) is 17.8 Å². The van der Waals surface area contributed by atoms with Gasteiger partial charge in [-0.1, -0.05) is 11.3 Å². The van der Waals surface area contributed by atoms with Crippen LogP contribution in [0.5, 0.6) is 0 Å². The van der Waals surface area contributed by atoms with Gasteiger partial charge in [0.05, 0.1) is 12.8 Å². The zero-order valence-corrected chi connectivity index (χ0v) is 16.2. The normalized spacial score (nSPS) is 28.3. The number of aryl methyl sites for hydroxylation is 1. The third-order valence-electron chi connectivity index (χ3n) is 5.97. The molecule has 3 unspecified atom stereocenters. The zero-order chi connectivity index (χ0) is 18.3. The van der Waals surface area contributed by atoms with Crippen molar-refractivity contribution in [2.45, 2.75) is 19.8 Å². The fourth-order valence-corrected chi connectivity index (χ4v) is 5.60. The van der Waals surface area contributed by atoms with Crippen molar-refractivity contribution in [1.29, 1.82) is 0 Å². The van der Waals surface area contributed by atoms with E-state index in [2.05, 4.69) is 15.2 Å². The Labute approximate surface area is 157 Å². The van der Waals surface area contributed by atoms with Gasteiger partial charge in [0.1, 0.15) is 4.88 Å². The molecule has 1 aromatic heterocycles. The quantitative estimate of drug-likeness (QED) is 0.795. The standard InChI is InChI=1S/C18H26N4O3S/c1-11-15(17(24)25-2)26-18(20-11)22-5-3-21(4-6-22)16(23)14-8-12-7-13(14)10-19-9-12/h12-14,19H,3-10H2,1-2H3. The van der Waals surface area contributed by atoms with E-state index in [0.717, 1.165) is 50.8 Å². The number of carbonyl (C=O) groups is 2. The van der Waals surface area contributed by atoms with Crippen molar-refractivity contribution in [2.75, 3.05) is 51.3 Å². The molecule has 3 fully saturated rings. The molecule has 1 amide bonds. The highest BCUT2D eigenvalue weighted by molar-refractivity contribution is 7.17. The minimum absolute atomic E-state index is 0.203. The Kier molecular flexibility index (Phi) is 4.88. The number of ether oxygens (including phenoxy) is 1. The van der Waals surface area contributed by atoms with E-state index in [4.69, 9.17) is 4.74 Å². The number of piperidine rings is 1. The van der Waals surface area contributed by atoms with Crippen LogP contribution in [0, 0.1) is 24.7 Å². The number of methoxy groups -OCH3 is 1. The Hall–Kier alpha value is -1.67. The smallest absolute Gasteiger partial charge is 0.350 e. The summed E-state index contributed by atoms with van der Waals surface area (Å²) >= 11 is 1.37. The highest BCUT2D eigenvalue weighted by Gasteiger charge is 2.42. The molecule has 0 spiro atoms. The van der Waals surface area contributed by atoms with Gasteiger partial charge in [-0.3, -0.25) is 4.79 Å². The summed E-state index contributed by atoms with van der Waals surface area (Å²) in [6.07, 6.45) is 2.25. The molecule has 2 aliphatic heterocycles. The van der Waals surface area contributed by atoms with Gasteiger partial charge in [0.15, 0.2) is 5.13 Å². The summed E-state index contributed by atoms with van der Waals surface area (Å²) in [5.74, 6) is 1.41. The van der Waals surface area contributed by atoms with E-state index in [1.54, 1.807) is 0 Å². The maximum absolute atomic E-state index is 13.0. The van der Waals surface area contributed by atoms with E-state index in [9.17, 15) is 9.59 Å². The minimum atomic E-state index is -0.332. The molecule has 1 aliphatic carbocycles. The van der Waals surface area contributed by atoms with Gasteiger partial charge >= 0.3 is 5.97 Å². The highest BCUT2D eigenvalue weighted by Crippen LogP contribution is 2.39. The average Bonchev–Trinajstić information content (AvgIpc) is 3.20. The maximum Gasteiger partial charge on any atom is 0.350 e. The number of esters is 1. The molecular formula is C18H26N4O3S. The fourth-order valence-electron chi connectivity index (χ4n) is 4.56. The molecule has 0 aromatic carbocycles. The highest BCUT2D eigenvalue weighted by atomic mass is 32.1. The second kappa shape index (κ2) is 7.15. The van der Waals surface area contributed by atoms with Crippen LogP contribution in [0.4, 0.5) is 5.13 Å². The number of nitrogens with one attached hydrogen (secondary N) is 1. The first-order valence-electron chi connectivity index (χ1n) is 9.37. The van der Waals surface area contributed by atoms with Crippen LogP contribution in [0.15, 0.2) is 0 Å². The molecule has 0 radical (unpaired) electrons. The number of carbonyl (C=O) groups excluding carboxylic acids is 2. The van der Waals surface area contributed by atoms with Crippen LogP contribution < -0.4 is 10.2 Å². The van der Waals surface area contributed by atoms with Gasteiger partial charge in [-0.2, -0.15) is 0 Å². The van der Waals surface area contributed by atoms with E-state index < -0.39 is 0 Å². The molecule has 7 nitrogen and oxygen atoms in total. The predicted molar refractivity (Wildman–Crippen MR) is 99.6 cm³/mol. The number of aromatic nitrogens is 1. The largest absolute Gasteiger partial charge is 0.465 e. The molecule has 2 saturated heterocycles. The van der Waals surface area contributed by atoms with Crippen LogP contribution >= 0.6 is 11.3 Å². The van der Waals surface area contributed by atoms with Crippen molar-refractivity contribution >= 4 is 28.3 Å². The molecule has 1 saturated carbocycles. The van der Waals surface area contributed by atoms with Gasteiger partial charge in [0.25, 0.3) is 0 Å². The first-order valence-corrected chi connectivity index (χ1v) is 10.2. The predicted octanol–water partition coefficient (Wildman–Crippen LogP) is 1.13. The summed E-state index contributed by atoms with van der Waals surface area (Å²) in [5.41, 5.74) is 0.709.